The molecule has 1 aliphatic carbocycles. The Kier molecular flexibility index (Phi) is 5.46. The van der Waals surface area contributed by atoms with Crippen LogP contribution in [0.4, 0.5) is 0 Å². The zero-order valence-electron chi connectivity index (χ0n) is 15.9. The van der Waals surface area contributed by atoms with Gasteiger partial charge in [0.05, 0.1) is 12.7 Å². The van der Waals surface area contributed by atoms with E-state index in [2.05, 4.69) is 19.8 Å². The highest BCUT2D eigenvalue weighted by Gasteiger charge is 2.30. The number of carbonyl (C=O) groups excluding carboxylic acids is 1. The number of nitrogens with zero attached hydrogens (tertiary/aromatic N) is 3. The van der Waals surface area contributed by atoms with Crippen LogP contribution in [0.1, 0.15) is 29.1 Å². The summed E-state index contributed by atoms with van der Waals surface area (Å²) in [6.45, 7) is -0.263. The molecule has 0 spiro atoms. The lowest BCUT2D eigenvalue weighted by Gasteiger charge is -2.11. The Bertz CT molecular complexity index is 1160. The highest BCUT2D eigenvalue weighted by atomic mass is 32.2. The second-order valence-electron chi connectivity index (χ2n) is 6.59. The Balaban J connectivity index is 1.47. The van der Waals surface area contributed by atoms with Crippen LogP contribution < -0.4 is 9.46 Å². The molecule has 0 saturated heterocycles. The lowest BCUT2D eigenvalue weighted by Crippen LogP contribution is -2.26. The zero-order valence-corrected chi connectivity index (χ0v) is 16.8. The average molecular weight is 430 g/mol. The van der Waals surface area contributed by atoms with Gasteiger partial charge in [0.1, 0.15) is 10.6 Å². The number of rotatable bonds is 8. The van der Waals surface area contributed by atoms with Crippen LogP contribution in [0.15, 0.2) is 52.1 Å². The molecule has 1 fully saturated rings. The topological polar surface area (TPSA) is 134 Å². The van der Waals surface area contributed by atoms with Gasteiger partial charge in [0.15, 0.2) is 6.61 Å². The lowest BCUT2D eigenvalue weighted by molar-refractivity contribution is 0.0429. The maximum Gasteiger partial charge on any atom is 0.338 e. The molecule has 4 rings (SSSR count). The first kappa shape index (κ1) is 20.0. The number of aromatic nitrogens is 3. The molecule has 1 N–H and O–H groups in total. The number of pyridine rings is 1. The van der Waals surface area contributed by atoms with Crippen molar-refractivity contribution in [3.05, 3.63) is 54.2 Å². The van der Waals surface area contributed by atoms with Gasteiger partial charge in [-0.15, -0.1) is 0 Å². The number of benzene rings is 1. The van der Waals surface area contributed by atoms with Crippen LogP contribution in [-0.2, 0) is 21.4 Å². The predicted molar refractivity (Wildman–Crippen MR) is 103 cm³/mol. The fourth-order valence-electron chi connectivity index (χ4n) is 2.63. The fraction of sp³-hybridized carbons (Fsp3) is 0.263. The molecule has 0 amide bonds. The quantitative estimate of drug-likeness (QED) is 0.532. The summed E-state index contributed by atoms with van der Waals surface area (Å²) in [5.41, 5.74) is 0.714. The Labute approximate surface area is 172 Å². The van der Waals surface area contributed by atoms with E-state index in [0.29, 0.717) is 11.4 Å². The van der Waals surface area contributed by atoms with Gasteiger partial charge in [-0.2, -0.15) is 4.98 Å². The molecule has 0 atom stereocenters. The summed E-state index contributed by atoms with van der Waals surface area (Å²) in [6, 6.07) is 7.47. The second-order valence-corrected chi connectivity index (χ2v) is 8.27. The van der Waals surface area contributed by atoms with Crippen LogP contribution in [-0.4, -0.2) is 42.7 Å². The van der Waals surface area contributed by atoms with Crippen LogP contribution >= 0.6 is 0 Å². The molecule has 10 nitrogen and oxygen atoms in total. The first-order valence-corrected chi connectivity index (χ1v) is 10.5. The van der Waals surface area contributed by atoms with Crippen molar-refractivity contribution < 1.29 is 27.2 Å². The van der Waals surface area contributed by atoms with Gasteiger partial charge in [0, 0.05) is 24.0 Å². The van der Waals surface area contributed by atoms with Gasteiger partial charge in [-0.25, -0.2) is 17.9 Å². The SMILES string of the molecule is COc1ccc(C(=O)OCc2nc(-c3cccnc3)no2)cc1S(=O)(=O)NC1CC1. The minimum absolute atomic E-state index is 0.0546. The molecule has 0 radical (unpaired) electrons. The molecule has 0 aliphatic heterocycles. The summed E-state index contributed by atoms with van der Waals surface area (Å²) in [7, 11) is -2.46. The van der Waals surface area contributed by atoms with Crippen molar-refractivity contribution in [3.63, 3.8) is 0 Å². The first-order valence-electron chi connectivity index (χ1n) is 9.07. The summed E-state index contributed by atoms with van der Waals surface area (Å²) in [6.07, 6.45) is 4.77. The van der Waals surface area contributed by atoms with Gasteiger partial charge in [0.25, 0.3) is 5.89 Å². The van der Waals surface area contributed by atoms with Crippen molar-refractivity contribution in [2.45, 2.75) is 30.4 Å². The molecule has 1 saturated carbocycles. The van der Waals surface area contributed by atoms with Gasteiger partial charge < -0.3 is 14.0 Å². The van der Waals surface area contributed by atoms with Gasteiger partial charge in [-0.1, -0.05) is 5.16 Å². The number of carbonyl (C=O) groups is 1. The molecule has 30 heavy (non-hydrogen) atoms. The molecule has 2 heterocycles. The Morgan fingerprint density at radius 3 is 2.83 bits per heavy atom. The Morgan fingerprint density at radius 1 is 1.30 bits per heavy atom. The lowest BCUT2D eigenvalue weighted by atomic mass is 10.2. The van der Waals surface area contributed by atoms with Gasteiger partial charge in [0.2, 0.25) is 15.8 Å². The summed E-state index contributed by atoms with van der Waals surface area (Å²) in [5.74, 6) is -0.184. The van der Waals surface area contributed by atoms with Gasteiger partial charge >= 0.3 is 5.97 Å². The number of sulfonamides is 1. The van der Waals surface area contributed by atoms with E-state index >= 15 is 0 Å². The smallest absolute Gasteiger partial charge is 0.338 e. The number of hydrogen-bond acceptors (Lipinski definition) is 9. The highest BCUT2D eigenvalue weighted by Crippen LogP contribution is 2.28. The van der Waals surface area contributed by atoms with E-state index in [1.807, 2.05) is 0 Å². The molecule has 0 unspecified atom stereocenters. The molecular weight excluding hydrogens is 412 g/mol. The normalized spacial score (nSPS) is 13.8. The standard InChI is InChI=1S/C19H18N4O6S/c1-27-15-7-4-12(9-16(15)30(25,26)23-14-5-6-14)19(24)28-11-17-21-18(22-29-17)13-3-2-8-20-10-13/h2-4,7-10,14,23H,5-6,11H2,1H3. The molecule has 0 bridgehead atoms. The van der Waals surface area contributed by atoms with E-state index in [4.69, 9.17) is 14.0 Å². The van der Waals surface area contributed by atoms with Gasteiger partial charge in [-0.3, -0.25) is 4.98 Å². The first-order chi connectivity index (χ1) is 14.5. The van der Waals surface area contributed by atoms with Crippen LogP contribution in [0.5, 0.6) is 5.75 Å². The zero-order chi connectivity index (χ0) is 21.1. The molecule has 1 aliphatic rings. The fourth-order valence-corrected chi connectivity index (χ4v) is 4.13. The highest BCUT2D eigenvalue weighted by molar-refractivity contribution is 7.89. The minimum Gasteiger partial charge on any atom is -0.495 e. The van der Waals surface area contributed by atoms with E-state index in [9.17, 15) is 13.2 Å². The van der Waals surface area contributed by atoms with Crippen molar-refractivity contribution in [1.82, 2.24) is 19.8 Å². The van der Waals surface area contributed by atoms with Crippen LogP contribution in [0.25, 0.3) is 11.4 Å². The van der Waals surface area contributed by atoms with Crippen LogP contribution in [0, 0.1) is 0 Å². The van der Waals surface area contributed by atoms with Crippen molar-refractivity contribution >= 4 is 16.0 Å². The molecule has 3 aromatic rings. The van der Waals surface area contributed by atoms with Crippen molar-refractivity contribution in [2.24, 2.45) is 0 Å². The third kappa shape index (κ3) is 4.47. The number of ether oxygens (including phenoxy) is 2. The summed E-state index contributed by atoms with van der Waals surface area (Å²) < 4.78 is 43.1. The number of hydrogen-bond donors (Lipinski definition) is 1. The summed E-state index contributed by atoms with van der Waals surface area (Å²) >= 11 is 0. The third-order valence-electron chi connectivity index (χ3n) is 4.30. The third-order valence-corrected chi connectivity index (χ3v) is 5.84. The molecular formula is C19H18N4O6S. The molecule has 2 aromatic heterocycles. The number of methoxy groups -OCH3 is 1. The van der Waals surface area contributed by atoms with Gasteiger partial charge in [-0.05, 0) is 43.2 Å². The van der Waals surface area contributed by atoms with E-state index in [1.54, 1.807) is 24.5 Å². The van der Waals surface area contributed by atoms with E-state index < -0.39 is 16.0 Å². The van der Waals surface area contributed by atoms with E-state index in [1.165, 1.54) is 25.3 Å². The maximum absolute atomic E-state index is 12.6. The number of esters is 1. The van der Waals surface area contributed by atoms with Crippen molar-refractivity contribution in [3.8, 4) is 17.1 Å². The Morgan fingerprint density at radius 2 is 2.13 bits per heavy atom. The largest absolute Gasteiger partial charge is 0.495 e. The predicted octanol–water partition coefficient (Wildman–Crippen LogP) is 1.94. The summed E-state index contributed by atoms with van der Waals surface area (Å²) in [4.78, 5) is 20.4. The monoisotopic (exact) mass is 430 g/mol. The molecule has 1 aromatic carbocycles. The van der Waals surface area contributed by atoms with Crippen molar-refractivity contribution in [2.75, 3.05) is 7.11 Å². The summed E-state index contributed by atoms with van der Waals surface area (Å²) in [5, 5.41) is 3.82. The number of nitrogens with one attached hydrogen (secondary N) is 1. The molecule has 11 heteroatoms. The Hall–Kier alpha value is -3.31. The van der Waals surface area contributed by atoms with E-state index in [-0.39, 0.29) is 34.7 Å². The van der Waals surface area contributed by atoms with Crippen LogP contribution in [0.2, 0.25) is 0 Å². The average Bonchev–Trinajstić information content (AvgIpc) is 3.43. The van der Waals surface area contributed by atoms with Crippen LogP contribution in [0.3, 0.4) is 0 Å². The second kappa shape index (κ2) is 8.20. The van der Waals surface area contributed by atoms with Crippen molar-refractivity contribution in [1.29, 1.82) is 0 Å². The van der Waals surface area contributed by atoms with E-state index in [0.717, 1.165) is 12.8 Å². The minimum atomic E-state index is -3.82. The molecule has 156 valence electrons. The maximum atomic E-state index is 12.6.